The predicted octanol–water partition coefficient (Wildman–Crippen LogP) is 2.80. The second kappa shape index (κ2) is 6.05. The van der Waals surface area contributed by atoms with E-state index < -0.39 is 21.7 Å². The van der Waals surface area contributed by atoms with Crippen molar-refractivity contribution in [3.63, 3.8) is 0 Å². The molecule has 8 heteroatoms. The Hall–Kier alpha value is -1.93. The third-order valence-corrected chi connectivity index (χ3v) is 4.82. The number of benzene rings is 2. The summed E-state index contributed by atoms with van der Waals surface area (Å²) in [5.41, 5.74) is 5.66. The number of primary amides is 1. The Balaban J connectivity index is 2.42. The topological polar surface area (TPSA) is 89.3 Å². The van der Waals surface area contributed by atoms with Crippen molar-refractivity contribution in [1.82, 2.24) is 0 Å². The van der Waals surface area contributed by atoms with Gasteiger partial charge in [0.25, 0.3) is 10.0 Å². The summed E-state index contributed by atoms with van der Waals surface area (Å²) < 4.78 is 40.9. The normalized spacial score (nSPS) is 11.2. The van der Waals surface area contributed by atoms with Crippen LogP contribution < -0.4 is 10.5 Å². The minimum Gasteiger partial charge on any atom is -0.366 e. The molecule has 5 nitrogen and oxygen atoms in total. The van der Waals surface area contributed by atoms with Crippen LogP contribution in [0.1, 0.15) is 15.9 Å². The molecule has 0 heterocycles. The third kappa shape index (κ3) is 3.45. The molecule has 0 saturated heterocycles. The first-order valence-corrected chi connectivity index (χ1v) is 8.36. The Morgan fingerprint density at radius 1 is 1.23 bits per heavy atom. The van der Waals surface area contributed by atoms with Gasteiger partial charge in [0.05, 0.1) is 10.6 Å². The second-order valence-electron chi connectivity index (χ2n) is 4.57. The van der Waals surface area contributed by atoms with Gasteiger partial charge in [-0.25, -0.2) is 12.8 Å². The molecule has 0 bridgehead atoms. The number of hydrogen-bond acceptors (Lipinski definition) is 3. The van der Waals surface area contributed by atoms with Gasteiger partial charge >= 0.3 is 0 Å². The maximum absolute atomic E-state index is 13.7. The first-order chi connectivity index (χ1) is 10.2. The quantitative estimate of drug-likeness (QED) is 0.846. The highest BCUT2D eigenvalue weighted by Gasteiger charge is 2.18. The highest BCUT2D eigenvalue weighted by atomic mass is 79.9. The van der Waals surface area contributed by atoms with Crippen molar-refractivity contribution in [2.75, 3.05) is 4.72 Å². The number of hydrogen-bond donors (Lipinski definition) is 2. The summed E-state index contributed by atoms with van der Waals surface area (Å²) in [4.78, 5) is 11.1. The van der Waals surface area contributed by atoms with E-state index in [0.29, 0.717) is 10.0 Å². The summed E-state index contributed by atoms with van der Waals surface area (Å²) in [6.45, 7) is 1.64. The zero-order chi connectivity index (χ0) is 16.5. The number of amides is 1. The largest absolute Gasteiger partial charge is 0.366 e. The molecular formula is C14H12BrFN2O3S. The number of rotatable bonds is 4. The van der Waals surface area contributed by atoms with Gasteiger partial charge in [0, 0.05) is 10.0 Å². The van der Waals surface area contributed by atoms with Crippen molar-refractivity contribution >= 4 is 37.5 Å². The molecule has 0 atom stereocenters. The molecule has 0 radical (unpaired) electrons. The van der Waals surface area contributed by atoms with E-state index in [1.54, 1.807) is 6.92 Å². The molecule has 0 unspecified atom stereocenters. The Kier molecular flexibility index (Phi) is 4.52. The van der Waals surface area contributed by atoms with Gasteiger partial charge < -0.3 is 5.73 Å². The summed E-state index contributed by atoms with van der Waals surface area (Å²) in [7, 11) is -4.03. The third-order valence-electron chi connectivity index (χ3n) is 2.96. The van der Waals surface area contributed by atoms with Crippen LogP contribution in [0.4, 0.5) is 10.1 Å². The fourth-order valence-corrected chi connectivity index (χ4v) is 3.24. The molecule has 0 saturated carbocycles. The van der Waals surface area contributed by atoms with Gasteiger partial charge in [-0.15, -0.1) is 0 Å². The Labute approximate surface area is 135 Å². The molecule has 0 aliphatic carbocycles. The summed E-state index contributed by atoms with van der Waals surface area (Å²) in [5.74, 6) is -1.45. The van der Waals surface area contributed by atoms with Crippen LogP contribution in [0.15, 0.2) is 45.8 Å². The number of anilines is 1. The van der Waals surface area contributed by atoms with E-state index >= 15 is 0 Å². The van der Waals surface area contributed by atoms with Crippen molar-refractivity contribution in [2.24, 2.45) is 5.73 Å². The van der Waals surface area contributed by atoms with E-state index in [2.05, 4.69) is 20.7 Å². The van der Waals surface area contributed by atoms with Crippen LogP contribution in [0, 0.1) is 12.7 Å². The van der Waals surface area contributed by atoms with Crippen LogP contribution in [0.25, 0.3) is 0 Å². The van der Waals surface area contributed by atoms with E-state index in [1.165, 1.54) is 24.3 Å². The summed E-state index contributed by atoms with van der Waals surface area (Å²) in [6.07, 6.45) is 0. The van der Waals surface area contributed by atoms with Crippen molar-refractivity contribution in [3.8, 4) is 0 Å². The van der Waals surface area contributed by atoms with Gasteiger partial charge in [-0.05, 0) is 42.8 Å². The molecule has 0 aliphatic rings. The lowest BCUT2D eigenvalue weighted by Crippen LogP contribution is -2.17. The number of carbonyl (C=O) groups excluding carboxylic acids is 1. The van der Waals surface area contributed by atoms with Gasteiger partial charge in [0.15, 0.2) is 0 Å². The molecule has 0 fully saturated rings. The molecule has 116 valence electrons. The van der Waals surface area contributed by atoms with Crippen molar-refractivity contribution in [2.45, 2.75) is 11.8 Å². The van der Waals surface area contributed by atoms with Crippen LogP contribution in [0.5, 0.6) is 0 Å². The van der Waals surface area contributed by atoms with E-state index in [4.69, 9.17) is 5.73 Å². The standard InChI is InChI=1S/C14H12BrFN2O3S/c1-8-2-4-10(7-11(8)14(17)19)22(20,21)18-13-5-3-9(15)6-12(13)16/h2-7,18H,1H3,(H2,17,19). The van der Waals surface area contributed by atoms with Gasteiger partial charge in [-0.3, -0.25) is 9.52 Å². The number of sulfonamides is 1. The van der Waals surface area contributed by atoms with Crippen LogP contribution in [0.2, 0.25) is 0 Å². The number of nitrogens with one attached hydrogen (secondary N) is 1. The molecule has 0 spiro atoms. The molecule has 2 rings (SSSR count). The minimum atomic E-state index is -4.03. The van der Waals surface area contributed by atoms with Gasteiger partial charge in [-0.2, -0.15) is 0 Å². The van der Waals surface area contributed by atoms with E-state index in [0.717, 1.165) is 12.1 Å². The minimum absolute atomic E-state index is 0.0964. The maximum atomic E-state index is 13.7. The molecule has 2 aromatic carbocycles. The lowest BCUT2D eigenvalue weighted by atomic mass is 10.1. The average molecular weight is 387 g/mol. The van der Waals surface area contributed by atoms with Gasteiger partial charge in [0.1, 0.15) is 5.82 Å². The Bertz CT molecular complexity index is 853. The van der Waals surface area contributed by atoms with E-state index in [1.807, 2.05) is 0 Å². The first-order valence-electron chi connectivity index (χ1n) is 6.09. The number of nitrogens with two attached hydrogens (primary N) is 1. The molecule has 0 aliphatic heterocycles. The van der Waals surface area contributed by atoms with Crippen molar-refractivity contribution < 1.29 is 17.6 Å². The van der Waals surface area contributed by atoms with Crippen molar-refractivity contribution in [3.05, 3.63) is 57.8 Å². The fourth-order valence-electron chi connectivity index (χ4n) is 1.81. The Morgan fingerprint density at radius 2 is 1.91 bits per heavy atom. The average Bonchev–Trinajstić information content (AvgIpc) is 2.42. The molecule has 22 heavy (non-hydrogen) atoms. The van der Waals surface area contributed by atoms with Crippen LogP contribution in [-0.4, -0.2) is 14.3 Å². The first kappa shape index (κ1) is 16.4. The molecule has 2 aromatic rings. The highest BCUT2D eigenvalue weighted by Crippen LogP contribution is 2.23. The molecule has 3 N–H and O–H groups in total. The van der Waals surface area contributed by atoms with Crippen LogP contribution in [-0.2, 0) is 10.0 Å². The Morgan fingerprint density at radius 3 is 2.50 bits per heavy atom. The summed E-state index contributed by atoms with van der Waals surface area (Å²) in [5, 5.41) is 0. The summed E-state index contributed by atoms with van der Waals surface area (Å²) in [6, 6.07) is 7.89. The fraction of sp³-hybridized carbons (Fsp3) is 0.0714. The van der Waals surface area contributed by atoms with E-state index in [-0.39, 0.29) is 16.1 Å². The molecule has 0 aromatic heterocycles. The zero-order valence-corrected chi connectivity index (χ0v) is 13.8. The number of aryl methyl sites for hydroxylation is 1. The number of carbonyl (C=O) groups is 1. The lowest BCUT2D eigenvalue weighted by Gasteiger charge is -2.11. The molecular weight excluding hydrogens is 375 g/mol. The van der Waals surface area contributed by atoms with Crippen molar-refractivity contribution in [1.29, 1.82) is 0 Å². The predicted molar refractivity (Wildman–Crippen MR) is 84.6 cm³/mol. The van der Waals surface area contributed by atoms with Crippen LogP contribution >= 0.6 is 15.9 Å². The smallest absolute Gasteiger partial charge is 0.262 e. The lowest BCUT2D eigenvalue weighted by molar-refractivity contribution is 0.0999. The maximum Gasteiger partial charge on any atom is 0.262 e. The zero-order valence-electron chi connectivity index (χ0n) is 11.4. The van der Waals surface area contributed by atoms with Gasteiger partial charge in [-0.1, -0.05) is 22.0 Å². The highest BCUT2D eigenvalue weighted by molar-refractivity contribution is 9.10. The molecule has 1 amide bonds. The van der Waals surface area contributed by atoms with Crippen LogP contribution in [0.3, 0.4) is 0 Å². The number of halogens is 2. The van der Waals surface area contributed by atoms with Gasteiger partial charge in [0.2, 0.25) is 5.91 Å². The van der Waals surface area contributed by atoms with E-state index in [9.17, 15) is 17.6 Å². The monoisotopic (exact) mass is 386 g/mol. The summed E-state index contributed by atoms with van der Waals surface area (Å²) >= 11 is 3.09. The SMILES string of the molecule is Cc1ccc(S(=O)(=O)Nc2ccc(Br)cc2F)cc1C(N)=O. The second-order valence-corrected chi connectivity index (χ2v) is 7.17.